The van der Waals surface area contributed by atoms with Gasteiger partial charge in [0, 0.05) is 29.2 Å². The van der Waals surface area contributed by atoms with Crippen LogP contribution in [0, 0.1) is 45.3 Å². The second-order valence-electron chi connectivity index (χ2n) is 9.91. The molecular formula is C33H30N6O2. The van der Waals surface area contributed by atoms with Crippen LogP contribution in [-0.2, 0) is 0 Å². The molecule has 8 heteroatoms. The molecule has 2 N–H and O–H groups in total. The number of nitrogens with zero attached hydrogens (tertiary/aromatic N) is 4. The summed E-state index contributed by atoms with van der Waals surface area (Å²) < 4.78 is 11.8. The van der Waals surface area contributed by atoms with Crippen LogP contribution in [0.2, 0.25) is 0 Å². The van der Waals surface area contributed by atoms with Gasteiger partial charge < -0.3 is 20.1 Å². The maximum atomic E-state index is 9.68. The monoisotopic (exact) mass is 542 g/mol. The number of hydrogen-bond acceptors (Lipinski definition) is 8. The lowest BCUT2D eigenvalue weighted by Crippen LogP contribution is -2.23. The molecule has 0 unspecified atom stereocenters. The van der Waals surface area contributed by atoms with Crippen LogP contribution in [0.25, 0.3) is 0 Å². The molecule has 0 spiro atoms. The van der Waals surface area contributed by atoms with Crippen molar-refractivity contribution in [3.8, 4) is 35.8 Å². The van der Waals surface area contributed by atoms with Crippen LogP contribution in [0.4, 0.5) is 0 Å². The number of allylic oxidation sites excluding steroid dienone is 8. The quantitative estimate of drug-likeness (QED) is 0.382. The molecule has 0 fully saturated rings. The summed E-state index contributed by atoms with van der Waals surface area (Å²) in [7, 11) is 0. The molecular weight excluding hydrogens is 512 g/mol. The number of dihydropyridines is 2. The lowest BCUT2D eigenvalue weighted by Gasteiger charge is -2.26. The standard InChI is InChI=1S/C33H30N6O2/c1-20-28(16-34)32(29(17-35)21(2)38-20)24-6-10-26(11-7-24)40-14-5-15-41-27-12-8-25(9-13-27)33-30(18-36)22(3)39-23(4)31(33)19-37/h6-13,32-33,38-39H,5,14-15H2,1-4H3. The number of nitriles is 4. The zero-order valence-electron chi connectivity index (χ0n) is 23.5. The second-order valence-corrected chi connectivity index (χ2v) is 9.91. The number of rotatable bonds is 8. The molecule has 2 aliphatic heterocycles. The summed E-state index contributed by atoms with van der Waals surface area (Å²) in [6.45, 7) is 8.29. The Bertz CT molecular complexity index is 1440. The molecule has 0 aliphatic carbocycles. The first-order chi connectivity index (χ1) is 19.8. The van der Waals surface area contributed by atoms with E-state index in [2.05, 4.69) is 34.9 Å². The van der Waals surface area contributed by atoms with Crippen molar-refractivity contribution in [3.05, 3.63) is 105 Å². The van der Waals surface area contributed by atoms with E-state index in [1.807, 2.05) is 76.2 Å². The molecule has 41 heavy (non-hydrogen) atoms. The Hall–Kier alpha value is -5.44. The maximum Gasteiger partial charge on any atom is 0.119 e. The smallest absolute Gasteiger partial charge is 0.119 e. The van der Waals surface area contributed by atoms with Crippen LogP contribution in [0.3, 0.4) is 0 Å². The van der Waals surface area contributed by atoms with Crippen molar-refractivity contribution in [1.29, 1.82) is 21.0 Å². The summed E-state index contributed by atoms with van der Waals surface area (Å²) in [6, 6.07) is 24.0. The van der Waals surface area contributed by atoms with Crippen molar-refractivity contribution in [2.75, 3.05) is 13.2 Å². The summed E-state index contributed by atoms with van der Waals surface area (Å²) in [5.41, 5.74) is 6.91. The van der Waals surface area contributed by atoms with E-state index in [-0.39, 0.29) is 0 Å². The van der Waals surface area contributed by atoms with Crippen molar-refractivity contribution >= 4 is 0 Å². The van der Waals surface area contributed by atoms with Crippen molar-refractivity contribution in [3.63, 3.8) is 0 Å². The Labute approximate surface area is 240 Å². The first kappa shape index (κ1) is 28.6. The number of nitrogens with one attached hydrogen (secondary N) is 2. The molecule has 2 aliphatic rings. The van der Waals surface area contributed by atoms with Gasteiger partial charge in [-0.25, -0.2) is 0 Å². The maximum absolute atomic E-state index is 9.68. The van der Waals surface area contributed by atoms with E-state index in [1.165, 1.54) is 0 Å². The van der Waals surface area contributed by atoms with Gasteiger partial charge in [-0.3, -0.25) is 0 Å². The third-order valence-corrected chi connectivity index (χ3v) is 7.26. The fraction of sp³-hybridized carbons (Fsp3) is 0.273. The van der Waals surface area contributed by atoms with Crippen LogP contribution in [0.5, 0.6) is 11.5 Å². The highest BCUT2D eigenvalue weighted by atomic mass is 16.5. The van der Waals surface area contributed by atoms with E-state index in [4.69, 9.17) is 9.47 Å². The lowest BCUT2D eigenvalue weighted by molar-refractivity contribution is 0.247. The van der Waals surface area contributed by atoms with Crippen LogP contribution in [0.1, 0.15) is 57.1 Å². The molecule has 8 nitrogen and oxygen atoms in total. The Balaban J connectivity index is 1.31. The van der Waals surface area contributed by atoms with Crippen molar-refractivity contribution in [1.82, 2.24) is 10.6 Å². The van der Waals surface area contributed by atoms with E-state index in [1.54, 1.807) is 0 Å². The van der Waals surface area contributed by atoms with E-state index in [0.717, 1.165) is 33.9 Å². The van der Waals surface area contributed by atoms with Gasteiger partial charge in [0.25, 0.3) is 0 Å². The molecule has 2 heterocycles. The average Bonchev–Trinajstić information content (AvgIpc) is 2.97. The average molecular weight is 543 g/mol. The fourth-order valence-corrected chi connectivity index (χ4v) is 5.20. The molecule has 204 valence electrons. The van der Waals surface area contributed by atoms with Gasteiger partial charge in [0.2, 0.25) is 0 Å². The highest BCUT2D eigenvalue weighted by Crippen LogP contribution is 2.39. The molecule has 0 aromatic heterocycles. The normalized spacial score (nSPS) is 15.8. The van der Waals surface area contributed by atoms with Crippen molar-refractivity contribution in [2.45, 2.75) is 46.0 Å². The summed E-state index contributed by atoms with van der Waals surface area (Å²) in [5, 5.41) is 45.0. The molecule has 0 amide bonds. The molecule has 0 saturated carbocycles. The van der Waals surface area contributed by atoms with Crippen LogP contribution < -0.4 is 20.1 Å². The largest absolute Gasteiger partial charge is 0.493 e. The Morgan fingerprint density at radius 2 is 0.829 bits per heavy atom. The van der Waals surface area contributed by atoms with Crippen molar-refractivity contribution < 1.29 is 9.47 Å². The predicted molar refractivity (Wildman–Crippen MR) is 153 cm³/mol. The van der Waals surface area contributed by atoms with Gasteiger partial charge in [0.1, 0.15) is 11.5 Å². The highest BCUT2D eigenvalue weighted by Gasteiger charge is 2.30. The van der Waals surface area contributed by atoms with Crippen LogP contribution in [0.15, 0.2) is 93.6 Å². The van der Waals surface area contributed by atoms with Gasteiger partial charge in [-0.05, 0) is 63.1 Å². The van der Waals surface area contributed by atoms with E-state index in [9.17, 15) is 21.0 Å². The summed E-state index contributed by atoms with van der Waals surface area (Å²) >= 11 is 0. The number of ether oxygens (including phenoxy) is 2. The van der Waals surface area contributed by atoms with E-state index < -0.39 is 11.8 Å². The predicted octanol–water partition coefficient (Wildman–Crippen LogP) is 6.10. The van der Waals surface area contributed by atoms with Crippen molar-refractivity contribution in [2.24, 2.45) is 0 Å². The SMILES string of the molecule is CC1=C(C#N)C(c2ccc(OCCCOc3ccc(C4C(C#N)=C(C)NC(C)=C4C#N)cc3)cc2)C(C#N)=C(C)N1. The lowest BCUT2D eigenvalue weighted by atomic mass is 9.81. The summed E-state index contributed by atoms with van der Waals surface area (Å²) in [4.78, 5) is 0. The first-order valence-corrected chi connectivity index (χ1v) is 13.3. The number of benzene rings is 2. The minimum Gasteiger partial charge on any atom is -0.493 e. The van der Waals surface area contributed by atoms with Gasteiger partial charge in [0.15, 0.2) is 0 Å². The molecule has 0 bridgehead atoms. The van der Waals surface area contributed by atoms with Gasteiger partial charge in [-0.1, -0.05) is 24.3 Å². The first-order valence-electron chi connectivity index (χ1n) is 13.3. The third-order valence-electron chi connectivity index (χ3n) is 7.26. The summed E-state index contributed by atoms with van der Waals surface area (Å²) in [5.74, 6) is 0.599. The molecule has 4 rings (SSSR count). The molecule has 0 saturated heterocycles. The summed E-state index contributed by atoms with van der Waals surface area (Å²) in [6.07, 6.45) is 0.661. The topological polar surface area (TPSA) is 138 Å². The van der Waals surface area contributed by atoms with Gasteiger partial charge in [0.05, 0.1) is 71.6 Å². The van der Waals surface area contributed by atoms with Gasteiger partial charge in [-0.2, -0.15) is 21.0 Å². The van der Waals surface area contributed by atoms with Gasteiger partial charge in [-0.15, -0.1) is 0 Å². The molecule has 0 atom stereocenters. The van der Waals surface area contributed by atoms with Gasteiger partial charge >= 0.3 is 0 Å². The van der Waals surface area contributed by atoms with Crippen LogP contribution in [-0.4, -0.2) is 13.2 Å². The molecule has 2 aromatic rings. The van der Waals surface area contributed by atoms with E-state index in [0.29, 0.717) is 53.4 Å². The minimum atomic E-state index is -0.395. The molecule has 2 aromatic carbocycles. The molecule has 0 radical (unpaired) electrons. The zero-order valence-corrected chi connectivity index (χ0v) is 23.5. The fourth-order valence-electron chi connectivity index (χ4n) is 5.20. The van der Waals surface area contributed by atoms with E-state index >= 15 is 0 Å². The Morgan fingerprint density at radius 3 is 1.10 bits per heavy atom. The highest BCUT2D eigenvalue weighted by molar-refractivity contribution is 5.56. The Kier molecular flexibility index (Phi) is 8.79. The zero-order chi connectivity index (χ0) is 29.5. The minimum absolute atomic E-state index is 0.395. The second kappa shape index (κ2) is 12.6. The van der Waals surface area contributed by atoms with Crippen LogP contribution >= 0.6 is 0 Å². The third kappa shape index (κ3) is 5.94. The Morgan fingerprint density at radius 1 is 0.537 bits per heavy atom. The number of hydrogen-bond donors (Lipinski definition) is 2.